The van der Waals surface area contributed by atoms with Gasteiger partial charge in [-0.3, -0.25) is 4.79 Å². The number of phenolic OH excluding ortho intramolecular Hbond substituents is 1. The van der Waals surface area contributed by atoms with Crippen molar-refractivity contribution in [1.82, 2.24) is 0 Å². The lowest BCUT2D eigenvalue weighted by molar-refractivity contribution is -0.116. The van der Waals surface area contributed by atoms with E-state index in [1.54, 1.807) is 25.1 Å². The van der Waals surface area contributed by atoms with Gasteiger partial charge in [0.25, 0.3) is 0 Å². The van der Waals surface area contributed by atoms with Gasteiger partial charge in [-0.15, -0.1) is 11.6 Å². The molecule has 2 aromatic carbocycles. The van der Waals surface area contributed by atoms with Crippen LogP contribution in [0.3, 0.4) is 0 Å². The standard InChI is InChI=1S/C16H16ClNO2/c1-10-8-11(2)15(19)13(9-10)18-16(20)14(17)12-6-4-3-5-7-12/h3-9,14,19H,1-2H3,(H,18,20). The summed E-state index contributed by atoms with van der Waals surface area (Å²) in [5.74, 6) is -0.293. The largest absolute Gasteiger partial charge is 0.505 e. The highest BCUT2D eigenvalue weighted by Gasteiger charge is 2.19. The molecule has 0 radical (unpaired) electrons. The molecular weight excluding hydrogens is 274 g/mol. The van der Waals surface area contributed by atoms with Crippen LogP contribution in [0.2, 0.25) is 0 Å². The number of hydrogen-bond acceptors (Lipinski definition) is 2. The number of aromatic hydroxyl groups is 1. The predicted molar refractivity (Wildman–Crippen MR) is 81.2 cm³/mol. The lowest BCUT2D eigenvalue weighted by Gasteiger charge is -2.13. The van der Waals surface area contributed by atoms with Crippen molar-refractivity contribution in [3.05, 3.63) is 59.2 Å². The number of aryl methyl sites for hydroxylation is 2. The zero-order valence-electron chi connectivity index (χ0n) is 11.4. The maximum Gasteiger partial charge on any atom is 0.247 e. The fourth-order valence-electron chi connectivity index (χ4n) is 2.02. The van der Waals surface area contributed by atoms with Gasteiger partial charge in [0.05, 0.1) is 5.69 Å². The minimum absolute atomic E-state index is 0.0703. The molecule has 0 aromatic heterocycles. The quantitative estimate of drug-likeness (QED) is 0.664. The van der Waals surface area contributed by atoms with Crippen LogP contribution in [0, 0.1) is 13.8 Å². The van der Waals surface area contributed by atoms with Crippen molar-refractivity contribution >= 4 is 23.2 Å². The van der Waals surface area contributed by atoms with Crippen molar-refractivity contribution in [3.8, 4) is 5.75 Å². The van der Waals surface area contributed by atoms with Gasteiger partial charge in [0.15, 0.2) is 0 Å². The molecule has 1 unspecified atom stereocenters. The predicted octanol–water partition coefficient (Wildman–Crippen LogP) is 3.93. The summed E-state index contributed by atoms with van der Waals surface area (Å²) in [6.07, 6.45) is 0. The van der Waals surface area contributed by atoms with Crippen LogP contribution in [0.15, 0.2) is 42.5 Å². The van der Waals surface area contributed by atoms with Crippen molar-refractivity contribution in [2.24, 2.45) is 0 Å². The molecule has 0 aliphatic carbocycles. The second-order valence-corrected chi connectivity index (χ2v) is 5.18. The molecule has 0 fully saturated rings. The SMILES string of the molecule is Cc1cc(C)c(O)c(NC(=O)C(Cl)c2ccccc2)c1. The fourth-order valence-corrected chi connectivity index (χ4v) is 2.22. The summed E-state index contributed by atoms with van der Waals surface area (Å²) in [5.41, 5.74) is 2.78. The molecule has 0 aliphatic heterocycles. The maximum atomic E-state index is 12.1. The third-order valence-corrected chi connectivity index (χ3v) is 3.48. The second-order valence-electron chi connectivity index (χ2n) is 4.74. The fraction of sp³-hybridized carbons (Fsp3) is 0.188. The lowest BCUT2D eigenvalue weighted by Crippen LogP contribution is -2.17. The van der Waals surface area contributed by atoms with Crippen molar-refractivity contribution in [2.75, 3.05) is 5.32 Å². The van der Waals surface area contributed by atoms with E-state index in [1.807, 2.05) is 31.2 Å². The topological polar surface area (TPSA) is 49.3 Å². The van der Waals surface area contributed by atoms with Crippen molar-refractivity contribution in [3.63, 3.8) is 0 Å². The van der Waals surface area contributed by atoms with Crippen LogP contribution >= 0.6 is 11.6 Å². The minimum Gasteiger partial charge on any atom is -0.505 e. The Balaban J connectivity index is 2.20. The number of alkyl halides is 1. The molecule has 2 N–H and O–H groups in total. The van der Waals surface area contributed by atoms with E-state index in [1.165, 1.54) is 0 Å². The van der Waals surface area contributed by atoms with Crippen molar-refractivity contribution in [2.45, 2.75) is 19.2 Å². The van der Waals surface area contributed by atoms with E-state index in [4.69, 9.17) is 11.6 Å². The van der Waals surface area contributed by atoms with Crippen LogP contribution in [-0.2, 0) is 4.79 Å². The summed E-state index contributed by atoms with van der Waals surface area (Å²) in [4.78, 5) is 12.1. The molecule has 0 saturated heterocycles. The molecule has 0 bridgehead atoms. The molecule has 2 aromatic rings. The number of benzene rings is 2. The molecule has 0 aliphatic rings. The Morgan fingerprint density at radius 3 is 2.50 bits per heavy atom. The Morgan fingerprint density at radius 2 is 1.85 bits per heavy atom. The highest BCUT2D eigenvalue weighted by atomic mass is 35.5. The first kappa shape index (κ1) is 14.4. The Labute approximate surface area is 123 Å². The van der Waals surface area contributed by atoms with Gasteiger partial charge in [0, 0.05) is 0 Å². The van der Waals surface area contributed by atoms with E-state index in [9.17, 15) is 9.90 Å². The third kappa shape index (κ3) is 3.11. The van der Waals surface area contributed by atoms with Crippen molar-refractivity contribution < 1.29 is 9.90 Å². The Kier molecular flexibility index (Phi) is 4.30. The number of rotatable bonds is 3. The summed E-state index contributed by atoms with van der Waals surface area (Å²) >= 11 is 6.14. The average Bonchev–Trinajstić information content (AvgIpc) is 2.44. The molecular formula is C16H16ClNO2. The van der Waals surface area contributed by atoms with Crippen LogP contribution in [0.1, 0.15) is 22.1 Å². The first-order valence-electron chi connectivity index (χ1n) is 6.29. The Bertz CT molecular complexity index is 626. The molecule has 0 spiro atoms. The van der Waals surface area contributed by atoms with Gasteiger partial charge in [0.2, 0.25) is 5.91 Å². The van der Waals surface area contributed by atoms with Crippen LogP contribution in [0.5, 0.6) is 5.75 Å². The monoisotopic (exact) mass is 289 g/mol. The van der Waals surface area contributed by atoms with E-state index in [0.717, 1.165) is 11.1 Å². The van der Waals surface area contributed by atoms with E-state index >= 15 is 0 Å². The van der Waals surface area contributed by atoms with Crippen LogP contribution < -0.4 is 5.32 Å². The van der Waals surface area contributed by atoms with Gasteiger partial charge in [-0.2, -0.15) is 0 Å². The van der Waals surface area contributed by atoms with E-state index in [0.29, 0.717) is 11.3 Å². The van der Waals surface area contributed by atoms with Crippen LogP contribution in [0.4, 0.5) is 5.69 Å². The van der Waals surface area contributed by atoms with Crippen molar-refractivity contribution in [1.29, 1.82) is 0 Å². The van der Waals surface area contributed by atoms with Gasteiger partial charge < -0.3 is 10.4 Å². The van der Waals surface area contributed by atoms with Gasteiger partial charge in [-0.25, -0.2) is 0 Å². The smallest absolute Gasteiger partial charge is 0.247 e. The Hall–Kier alpha value is -2.00. The second kappa shape index (κ2) is 5.97. The normalized spacial score (nSPS) is 11.9. The molecule has 20 heavy (non-hydrogen) atoms. The summed E-state index contributed by atoms with van der Waals surface area (Å²) in [7, 11) is 0. The number of halogens is 1. The van der Waals surface area contributed by atoms with E-state index < -0.39 is 5.38 Å². The Morgan fingerprint density at radius 1 is 1.20 bits per heavy atom. The third-order valence-electron chi connectivity index (χ3n) is 3.03. The number of carbonyl (C=O) groups is 1. The number of anilines is 1. The van der Waals surface area contributed by atoms with Gasteiger partial charge in [-0.05, 0) is 36.6 Å². The molecule has 1 amide bonds. The number of hydrogen-bond donors (Lipinski definition) is 2. The van der Waals surface area contributed by atoms with Crippen LogP contribution in [0.25, 0.3) is 0 Å². The van der Waals surface area contributed by atoms with Gasteiger partial charge in [-0.1, -0.05) is 36.4 Å². The highest BCUT2D eigenvalue weighted by molar-refractivity contribution is 6.32. The number of amides is 1. The molecule has 4 heteroatoms. The number of carbonyl (C=O) groups excluding carboxylic acids is 1. The first-order valence-corrected chi connectivity index (χ1v) is 6.73. The summed E-state index contributed by atoms with van der Waals surface area (Å²) in [6.45, 7) is 3.69. The molecule has 104 valence electrons. The van der Waals surface area contributed by atoms with Gasteiger partial charge in [0.1, 0.15) is 11.1 Å². The summed E-state index contributed by atoms with van der Waals surface area (Å²) in [5, 5.41) is 11.8. The first-order chi connectivity index (χ1) is 9.49. The zero-order valence-corrected chi connectivity index (χ0v) is 12.1. The van der Waals surface area contributed by atoms with E-state index in [-0.39, 0.29) is 11.7 Å². The van der Waals surface area contributed by atoms with Gasteiger partial charge >= 0.3 is 0 Å². The average molecular weight is 290 g/mol. The maximum absolute atomic E-state index is 12.1. The number of nitrogens with one attached hydrogen (secondary N) is 1. The van der Waals surface area contributed by atoms with E-state index in [2.05, 4.69) is 5.32 Å². The minimum atomic E-state index is -0.795. The van der Waals surface area contributed by atoms with Crippen LogP contribution in [-0.4, -0.2) is 11.0 Å². The summed E-state index contributed by atoms with van der Waals surface area (Å²) < 4.78 is 0. The summed E-state index contributed by atoms with van der Waals surface area (Å²) in [6, 6.07) is 12.7. The molecule has 2 rings (SSSR count). The zero-order chi connectivity index (χ0) is 14.7. The molecule has 3 nitrogen and oxygen atoms in total. The molecule has 1 atom stereocenters. The highest BCUT2D eigenvalue weighted by Crippen LogP contribution is 2.30. The molecule has 0 heterocycles. The molecule has 0 saturated carbocycles. The lowest BCUT2D eigenvalue weighted by atomic mass is 10.1. The number of phenols is 1.